The third-order valence-corrected chi connectivity index (χ3v) is 4.96. The molecule has 0 bridgehead atoms. The maximum absolute atomic E-state index is 4.80. The number of hydrogen-bond acceptors (Lipinski definition) is 2. The fourth-order valence-corrected chi connectivity index (χ4v) is 3.69. The molecule has 0 amide bonds. The molecule has 0 spiro atoms. The van der Waals surface area contributed by atoms with Gasteiger partial charge in [0.25, 0.3) is 0 Å². The largest absolute Gasteiger partial charge is 0.231 e. The van der Waals surface area contributed by atoms with Crippen LogP contribution in [0.5, 0.6) is 0 Å². The van der Waals surface area contributed by atoms with Crippen LogP contribution in [0.2, 0.25) is 0 Å². The Morgan fingerprint density at radius 2 is 1.63 bits per heavy atom. The zero-order valence-corrected chi connectivity index (χ0v) is 11.1. The van der Waals surface area contributed by atoms with Crippen molar-refractivity contribution < 1.29 is 0 Å². The van der Waals surface area contributed by atoms with Gasteiger partial charge in [0, 0.05) is 17.0 Å². The Morgan fingerprint density at radius 1 is 0.842 bits per heavy atom. The van der Waals surface area contributed by atoms with Gasteiger partial charge in [-0.1, -0.05) is 48.6 Å². The van der Waals surface area contributed by atoms with Crippen LogP contribution in [-0.4, -0.2) is 9.97 Å². The minimum atomic E-state index is -0.452. The highest BCUT2D eigenvalue weighted by atomic mass is 32.2. The summed E-state index contributed by atoms with van der Waals surface area (Å²) in [7, 11) is -0.452. The van der Waals surface area contributed by atoms with Crippen molar-refractivity contribution in [2.45, 2.75) is 5.16 Å². The van der Waals surface area contributed by atoms with Crippen LogP contribution in [-0.2, 0) is 0 Å². The van der Waals surface area contributed by atoms with Gasteiger partial charge in [-0.05, 0) is 16.2 Å². The average molecular weight is 264 g/mol. The van der Waals surface area contributed by atoms with E-state index in [-0.39, 0.29) is 0 Å². The number of benzene rings is 2. The molecule has 2 nitrogen and oxygen atoms in total. The van der Waals surface area contributed by atoms with Crippen molar-refractivity contribution >= 4 is 32.6 Å². The van der Waals surface area contributed by atoms with E-state index >= 15 is 0 Å². The molecular weight excluding hydrogens is 252 g/mol. The molecule has 1 aliphatic rings. The number of fused-ring (bicyclic) bond motifs is 3. The lowest BCUT2D eigenvalue weighted by molar-refractivity contribution is 1.01. The van der Waals surface area contributed by atoms with Gasteiger partial charge in [-0.15, -0.1) is 0 Å². The minimum Gasteiger partial charge on any atom is -0.231 e. The predicted molar refractivity (Wildman–Crippen MR) is 82.6 cm³/mol. The average Bonchev–Trinajstić information content (AvgIpc) is 3.01. The van der Waals surface area contributed by atoms with Crippen molar-refractivity contribution in [1.82, 2.24) is 9.97 Å². The Labute approximate surface area is 113 Å². The van der Waals surface area contributed by atoms with Gasteiger partial charge in [-0.3, -0.25) is 0 Å². The van der Waals surface area contributed by atoms with Crippen LogP contribution < -0.4 is 0 Å². The number of thiol groups is 1. The molecule has 2 heterocycles. The van der Waals surface area contributed by atoms with Crippen LogP contribution in [0.15, 0.2) is 70.7 Å². The van der Waals surface area contributed by atoms with Crippen LogP contribution in [0.1, 0.15) is 0 Å². The molecule has 0 fully saturated rings. The molecule has 0 atom stereocenters. The zero-order valence-electron chi connectivity index (χ0n) is 10.2. The number of allylic oxidation sites excluding steroid dienone is 2. The van der Waals surface area contributed by atoms with Crippen molar-refractivity contribution in [3.8, 4) is 0 Å². The second kappa shape index (κ2) is 4.21. The van der Waals surface area contributed by atoms with E-state index < -0.39 is 10.9 Å². The molecule has 0 unspecified atom stereocenters. The molecule has 92 valence electrons. The first-order valence-electron chi connectivity index (χ1n) is 6.20. The topological polar surface area (TPSA) is 25.8 Å². The highest BCUT2D eigenvalue weighted by Gasteiger charge is 2.09. The molecule has 19 heavy (non-hydrogen) atoms. The van der Waals surface area contributed by atoms with Gasteiger partial charge in [0.2, 0.25) is 0 Å². The number of hydrogen-bond donors (Lipinski definition) is 1. The molecule has 1 aliphatic heterocycles. The lowest BCUT2D eigenvalue weighted by Gasteiger charge is -2.10. The Hall–Kier alpha value is -2.13. The summed E-state index contributed by atoms with van der Waals surface area (Å²) in [5, 5.41) is 8.83. The fourth-order valence-electron chi connectivity index (χ4n) is 2.35. The molecule has 0 radical (unpaired) electrons. The molecule has 0 saturated heterocycles. The van der Waals surface area contributed by atoms with Crippen molar-refractivity contribution in [3.63, 3.8) is 0 Å². The van der Waals surface area contributed by atoms with Crippen LogP contribution in [0.25, 0.3) is 21.7 Å². The number of aromatic nitrogens is 2. The Morgan fingerprint density at radius 3 is 2.53 bits per heavy atom. The van der Waals surface area contributed by atoms with E-state index in [2.05, 4.69) is 64.4 Å². The van der Waals surface area contributed by atoms with E-state index in [9.17, 15) is 0 Å². The van der Waals surface area contributed by atoms with Gasteiger partial charge in [-0.2, -0.15) is 10.9 Å². The standard InChI is InChI=1S/C16H12N2S/c1-2-6-14-12(5-1)7-8-13-11-17-16(18-15(13)14)19-9-3-4-10-19/h1-11,19H. The van der Waals surface area contributed by atoms with Crippen LogP contribution in [0, 0.1) is 0 Å². The molecule has 2 aromatic carbocycles. The molecule has 4 rings (SSSR count). The maximum atomic E-state index is 4.80. The van der Waals surface area contributed by atoms with Gasteiger partial charge >= 0.3 is 0 Å². The van der Waals surface area contributed by atoms with Gasteiger partial charge in [0.05, 0.1) is 5.52 Å². The molecule has 0 aliphatic carbocycles. The molecule has 3 aromatic rings. The second-order valence-corrected chi connectivity index (χ2v) is 6.30. The normalized spacial score (nSPS) is 15.7. The summed E-state index contributed by atoms with van der Waals surface area (Å²) in [5.74, 6) is 0. The summed E-state index contributed by atoms with van der Waals surface area (Å²) in [6, 6.07) is 12.6. The van der Waals surface area contributed by atoms with Crippen LogP contribution in [0.3, 0.4) is 0 Å². The highest BCUT2D eigenvalue weighted by Crippen LogP contribution is 2.40. The first-order chi connectivity index (χ1) is 9.42. The van der Waals surface area contributed by atoms with E-state index in [4.69, 9.17) is 4.98 Å². The van der Waals surface area contributed by atoms with E-state index in [0.717, 1.165) is 16.1 Å². The minimum absolute atomic E-state index is 0.452. The summed E-state index contributed by atoms with van der Waals surface area (Å²) in [4.78, 5) is 9.31. The first kappa shape index (κ1) is 10.8. The fraction of sp³-hybridized carbons (Fsp3) is 0. The van der Waals surface area contributed by atoms with Gasteiger partial charge in [-0.25, -0.2) is 9.97 Å². The highest BCUT2D eigenvalue weighted by molar-refractivity contribution is 8.22. The number of nitrogens with zero attached hydrogens (tertiary/aromatic N) is 2. The van der Waals surface area contributed by atoms with Crippen molar-refractivity contribution in [1.29, 1.82) is 0 Å². The van der Waals surface area contributed by atoms with Gasteiger partial charge in [0.15, 0.2) is 5.16 Å². The van der Waals surface area contributed by atoms with Crippen molar-refractivity contribution in [2.75, 3.05) is 0 Å². The van der Waals surface area contributed by atoms with Gasteiger partial charge < -0.3 is 0 Å². The Kier molecular flexibility index (Phi) is 2.38. The molecule has 3 heteroatoms. The quantitative estimate of drug-likeness (QED) is 0.405. The maximum Gasteiger partial charge on any atom is 0.175 e. The summed E-state index contributed by atoms with van der Waals surface area (Å²) >= 11 is 0. The summed E-state index contributed by atoms with van der Waals surface area (Å²) in [6.07, 6.45) is 6.08. The summed E-state index contributed by atoms with van der Waals surface area (Å²) < 4.78 is 0. The van der Waals surface area contributed by atoms with Crippen LogP contribution in [0.4, 0.5) is 0 Å². The summed E-state index contributed by atoms with van der Waals surface area (Å²) in [6.45, 7) is 0. The third-order valence-electron chi connectivity index (χ3n) is 3.30. The predicted octanol–water partition coefficient (Wildman–Crippen LogP) is 4.18. The molecule has 0 saturated carbocycles. The first-order valence-corrected chi connectivity index (χ1v) is 7.68. The molecule has 1 aromatic heterocycles. The molecule has 0 N–H and O–H groups in total. The summed E-state index contributed by atoms with van der Waals surface area (Å²) in [5.41, 5.74) is 1.05. The van der Waals surface area contributed by atoms with E-state index in [1.807, 2.05) is 6.20 Å². The monoisotopic (exact) mass is 264 g/mol. The van der Waals surface area contributed by atoms with Crippen molar-refractivity contribution in [2.24, 2.45) is 0 Å². The SMILES string of the molecule is C1=C[SH](c2ncc3ccc4ccccc4c3n2)C=C1. The van der Waals surface area contributed by atoms with E-state index in [0.29, 0.717) is 0 Å². The van der Waals surface area contributed by atoms with E-state index in [1.54, 1.807) is 0 Å². The lowest BCUT2D eigenvalue weighted by atomic mass is 10.1. The van der Waals surface area contributed by atoms with Crippen molar-refractivity contribution in [3.05, 3.63) is 65.6 Å². The van der Waals surface area contributed by atoms with E-state index in [1.165, 1.54) is 10.8 Å². The second-order valence-electron chi connectivity index (χ2n) is 4.48. The lowest BCUT2D eigenvalue weighted by Crippen LogP contribution is -1.90. The Balaban J connectivity index is 2.02. The zero-order chi connectivity index (χ0) is 12.7. The van der Waals surface area contributed by atoms with Gasteiger partial charge in [0.1, 0.15) is 0 Å². The third kappa shape index (κ3) is 1.74. The Bertz CT molecular complexity index is 824. The smallest absolute Gasteiger partial charge is 0.175 e. The van der Waals surface area contributed by atoms with Crippen LogP contribution >= 0.6 is 10.9 Å². The molecular formula is C16H12N2S. The number of rotatable bonds is 1.